The van der Waals surface area contributed by atoms with Crippen LogP contribution in [0.5, 0.6) is 5.75 Å². The first-order chi connectivity index (χ1) is 9.70. The maximum Gasteiger partial charge on any atom is 0.143 e. The predicted octanol–water partition coefficient (Wildman–Crippen LogP) is 2.60. The average molecular weight is 267 g/mol. The molecule has 0 amide bonds. The van der Waals surface area contributed by atoms with Crippen molar-refractivity contribution in [3.8, 4) is 11.8 Å². The Morgan fingerprint density at radius 3 is 2.75 bits per heavy atom. The lowest BCUT2D eigenvalue weighted by atomic mass is 10.2. The molecule has 1 aromatic carbocycles. The van der Waals surface area contributed by atoms with Crippen LogP contribution in [0.25, 0.3) is 0 Å². The van der Waals surface area contributed by atoms with Crippen LogP contribution in [-0.4, -0.2) is 15.8 Å². The van der Waals surface area contributed by atoms with Crippen LogP contribution in [0.4, 0.5) is 0 Å². The highest BCUT2D eigenvalue weighted by molar-refractivity contribution is 5.98. The summed E-state index contributed by atoms with van der Waals surface area (Å²) < 4.78 is 0. The highest BCUT2D eigenvalue weighted by Crippen LogP contribution is 2.14. The molecular weight excluding hydrogens is 254 g/mol. The van der Waals surface area contributed by atoms with E-state index in [0.717, 1.165) is 5.56 Å². The summed E-state index contributed by atoms with van der Waals surface area (Å²) in [6.07, 6.45) is 1.58. The first kappa shape index (κ1) is 13.6. The van der Waals surface area contributed by atoms with E-state index in [1.165, 1.54) is 0 Å². The van der Waals surface area contributed by atoms with Gasteiger partial charge in [-0.3, -0.25) is 4.98 Å². The van der Waals surface area contributed by atoms with Crippen molar-refractivity contribution in [2.24, 2.45) is 5.16 Å². The van der Waals surface area contributed by atoms with E-state index in [4.69, 9.17) is 10.1 Å². The van der Waals surface area contributed by atoms with Crippen LogP contribution in [0, 0.1) is 11.3 Å². The van der Waals surface area contributed by atoms with Gasteiger partial charge in [0.05, 0.1) is 11.6 Å². The molecular formula is C15H13N3O2. The second-order valence-electron chi connectivity index (χ2n) is 4.13. The van der Waals surface area contributed by atoms with Gasteiger partial charge in [0.25, 0.3) is 0 Å². The Morgan fingerprint density at radius 2 is 2.10 bits per heavy atom. The third-order valence-corrected chi connectivity index (χ3v) is 2.64. The van der Waals surface area contributed by atoms with Crippen molar-refractivity contribution in [2.75, 3.05) is 0 Å². The van der Waals surface area contributed by atoms with Crippen molar-refractivity contribution < 1.29 is 9.94 Å². The molecule has 0 radical (unpaired) electrons. The number of aromatic hydroxyl groups is 1. The van der Waals surface area contributed by atoms with Crippen molar-refractivity contribution in [3.63, 3.8) is 0 Å². The molecule has 0 saturated heterocycles. The molecule has 0 bridgehead atoms. The maximum atomic E-state index is 9.63. The monoisotopic (exact) mass is 267 g/mol. The van der Waals surface area contributed by atoms with Crippen LogP contribution in [-0.2, 0) is 11.4 Å². The number of hydrogen-bond donors (Lipinski definition) is 1. The van der Waals surface area contributed by atoms with E-state index >= 15 is 0 Å². The average Bonchev–Trinajstić information content (AvgIpc) is 2.48. The number of nitrogens with zero attached hydrogens (tertiary/aromatic N) is 3. The lowest BCUT2D eigenvalue weighted by Gasteiger charge is -2.03. The molecule has 0 unspecified atom stereocenters. The Labute approximate surface area is 116 Å². The van der Waals surface area contributed by atoms with Gasteiger partial charge in [-0.25, -0.2) is 0 Å². The van der Waals surface area contributed by atoms with E-state index < -0.39 is 0 Å². The van der Waals surface area contributed by atoms with E-state index in [9.17, 15) is 5.11 Å². The Balaban J connectivity index is 1.99. The van der Waals surface area contributed by atoms with Crippen molar-refractivity contribution in [3.05, 3.63) is 59.4 Å². The molecule has 1 heterocycles. The van der Waals surface area contributed by atoms with Crippen molar-refractivity contribution >= 4 is 5.71 Å². The molecule has 5 heteroatoms. The zero-order chi connectivity index (χ0) is 14.4. The molecule has 0 aliphatic heterocycles. The molecule has 20 heavy (non-hydrogen) atoms. The first-order valence-corrected chi connectivity index (χ1v) is 6.00. The Hall–Kier alpha value is -2.87. The summed E-state index contributed by atoms with van der Waals surface area (Å²) >= 11 is 0. The van der Waals surface area contributed by atoms with E-state index in [2.05, 4.69) is 16.2 Å². The SMILES string of the molecule is CC(=NOCc1ccc(C#N)cc1)c1ncccc1O. The second kappa shape index (κ2) is 6.34. The van der Waals surface area contributed by atoms with Gasteiger partial charge in [-0.1, -0.05) is 17.3 Å². The number of hydrogen-bond acceptors (Lipinski definition) is 5. The fourth-order valence-electron chi connectivity index (χ4n) is 1.60. The van der Waals surface area contributed by atoms with Crippen molar-refractivity contribution in [1.29, 1.82) is 5.26 Å². The quantitative estimate of drug-likeness (QED) is 0.682. The molecule has 5 nitrogen and oxygen atoms in total. The van der Waals surface area contributed by atoms with Gasteiger partial charge in [-0.05, 0) is 36.8 Å². The van der Waals surface area contributed by atoms with E-state index in [0.29, 0.717) is 17.0 Å². The third kappa shape index (κ3) is 3.33. The van der Waals surface area contributed by atoms with Gasteiger partial charge in [0.2, 0.25) is 0 Å². The van der Waals surface area contributed by atoms with Crippen LogP contribution >= 0.6 is 0 Å². The molecule has 0 fully saturated rings. The fraction of sp³-hybridized carbons (Fsp3) is 0.133. The zero-order valence-electron chi connectivity index (χ0n) is 10.9. The summed E-state index contributed by atoms with van der Waals surface area (Å²) in [5, 5.41) is 22.2. The van der Waals surface area contributed by atoms with Crippen molar-refractivity contribution in [2.45, 2.75) is 13.5 Å². The summed E-state index contributed by atoms with van der Waals surface area (Å²) in [4.78, 5) is 9.25. The van der Waals surface area contributed by atoms with Gasteiger partial charge in [0.1, 0.15) is 23.8 Å². The van der Waals surface area contributed by atoms with Crippen LogP contribution in [0.1, 0.15) is 23.7 Å². The molecule has 1 aromatic heterocycles. The van der Waals surface area contributed by atoms with Crippen LogP contribution in [0.15, 0.2) is 47.8 Å². The topological polar surface area (TPSA) is 78.5 Å². The molecule has 1 N–H and O–H groups in total. The molecule has 100 valence electrons. The minimum atomic E-state index is 0.0655. The standard InChI is InChI=1S/C15H13N3O2/c1-11(15-14(19)3-2-8-17-15)18-20-10-13-6-4-12(9-16)5-7-13/h2-8,19H,10H2,1H3. The van der Waals surface area contributed by atoms with E-state index in [1.807, 2.05) is 12.1 Å². The normalized spacial score (nSPS) is 10.9. The molecule has 0 saturated carbocycles. The molecule has 0 aliphatic rings. The lowest BCUT2D eigenvalue weighted by Crippen LogP contribution is -2.00. The van der Waals surface area contributed by atoms with E-state index in [1.54, 1.807) is 37.4 Å². The summed E-state index contributed by atoms with van der Waals surface area (Å²) in [7, 11) is 0. The largest absolute Gasteiger partial charge is 0.506 e. The first-order valence-electron chi connectivity index (χ1n) is 6.00. The minimum absolute atomic E-state index is 0.0655. The van der Waals surface area contributed by atoms with Gasteiger partial charge in [-0.2, -0.15) is 5.26 Å². The number of nitriles is 1. The Kier molecular flexibility index (Phi) is 4.30. The fourth-order valence-corrected chi connectivity index (χ4v) is 1.60. The van der Waals surface area contributed by atoms with Gasteiger partial charge in [0.15, 0.2) is 0 Å². The van der Waals surface area contributed by atoms with Gasteiger partial charge < -0.3 is 9.94 Å². The minimum Gasteiger partial charge on any atom is -0.506 e. The molecule has 0 atom stereocenters. The second-order valence-corrected chi connectivity index (χ2v) is 4.13. The van der Waals surface area contributed by atoms with Crippen LogP contribution < -0.4 is 0 Å². The number of pyridine rings is 1. The Morgan fingerprint density at radius 1 is 1.35 bits per heavy atom. The summed E-state index contributed by atoms with van der Waals surface area (Å²) in [6.45, 7) is 2.00. The number of aromatic nitrogens is 1. The maximum absolute atomic E-state index is 9.63. The van der Waals surface area contributed by atoms with Crippen molar-refractivity contribution in [1.82, 2.24) is 4.98 Å². The zero-order valence-corrected chi connectivity index (χ0v) is 10.9. The summed E-state index contributed by atoms with van der Waals surface area (Å²) in [6, 6.07) is 12.3. The Bertz CT molecular complexity index is 658. The summed E-state index contributed by atoms with van der Waals surface area (Å²) in [5.41, 5.74) is 2.40. The number of oxime groups is 1. The summed E-state index contributed by atoms with van der Waals surface area (Å²) in [5.74, 6) is 0.0655. The smallest absolute Gasteiger partial charge is 0.143 e. The molecule has 0 spiro atoms. The van der Waals surface area contributed by atoms with E-state index in [-0.39, 0.29) is 12.4 Å². The highest BCUT2D eigenvalue weighted by Gasteiger charge is 2.05. The third-order valence-electron chi connectivity index (χ3n) is 2.64. The lowest BCUT2D eigenvalue weighted by molar-refractivity contribution is 0.130. The van der Waals surface area contributed by atoms with Gasteiger partial charge in [-0.15, -0.1) is 0 Å². The molecule has 2 rings (SSSR count). The van der Waals surface area contributed by atoms with Crippen LogP contribution in [0.3, 0.4) is 0 Å². The molecule has 0 aliphatic carbocycles. The van der Waals surface area contributed by atoms with Crippen LogP contribution in [0.2, 0.25) is 0 Å². The van der Waals surface area contributed by atoms with Gasteiger partial charge >= 0.3 is 0 Å². The number of rotatable bonds is 4. The number of benzene rings is 1. The molecule has 2 aromatic rings. The van der Waals surface area contributed by atoms with Gasteiger partial charge in [0, 0.05) is 6.20 Å². The predicted molar refractivity (Wildman–Crippen MR) is 74.1 cm³/mol. The highest BCUT2D eigenvalue weighted by atomic mass is 16.6.